The van der Waals surface area contributed by atoms with Gasteiger partial charge in [-0.05, 0) is 49.8 Å². The normalized spacial score (nSPS) is 23.1. The minimum absolute atomic E-state index is 0.0815. The van der Waals surface area contributed by atoms with Crippen LogP contribution in [0, 0.1) is 17.6 Å². The molecule has 1 saturated carbocycles. The second-order valence-electron chi connectivity index (χ2n) is 5.22. The maximum Gasteiger partial charge on any atom is 0.254 e. The van der Waals surface area contributed by atoms with E-state index in [0.29, 0.717) is 0 Å². The van der Waals surface area contributed by atoms with Gasteiger partial charge in [0.15, 0.2) is 0 Å². The summed E-state index contributed by atoms with van der Waals surface area (Å²) in [4.78, 5) is 11.9. The maximum atomic E-state index is 13.5. The number of halogens is 2. The topological polar surface area (TPSA) is 29.1 Å². The molecule has 2 nitrogen and oxygen atoms in total. The van der Waals surface area contributed by atoms with Crippen molar-refractivity contribution >= 4 is 5.91 Å². The van der Waals surface area contributed by atoms with Crippen LogP contribution in [0.1, 0.15) is 49.4 Å². The molecule has 0 bridgehead atoms. The molecule has 19 heavy (non-hydrogen) atoms. The van der Waals surface area contributed by atoms with Crippen molar-refractivity contribution in [2.75, 3.05) is 0 Å². The third-order valence-corrected chi connectivity index (χ3v) is 3.93. The van der Waals surface area contributed by atoms with Gasteiger partial charge in [0.05, 0.1) is 5.56 Å². The lowest BCUT2D eigenvalue weighted by Gasteiger charge is -2.28. The van der Waals surface area contributed by atoms with Crippen LogP contribution in [0.25, 0.3) is 0 Å². The van der Waals surface area contributed by atoms with Gasteiger partial charge in [0.25, 0.3) is 5.91 Å². The Kier molecular flexibility index (Phi) is 4.51. The first-order chi connectivity index (χ1) is 9.10. The Labute approximate surface area is 112 Å². The molecule has 1 aliphatic rings. The van der Waals surface area contributed by atoms with Gasteiger partial charge in [-0.25, -0.2) is 8.78 Å². The maximum absolute atomic E-state index is 13.5. The van der Waals surface area contributed by atoms with Crippen molar-refractivity contribution < 1.29 is 13.6 Å². The Morgan fingerprint density at radius 1 is 1.26 bits per heavy atom. The molecule has 0 heterocycles. The van der Waals surface area contributed by atoms with Gasteiger partial charge in [0.2, 0.25) is 0 Å². The average molecular weight is 267 g/mol. The molecule has 0 unspecified atom stereocenters. The molecule has 1 amide bonds. The molecule has 1 fully saturated rings. The van der Waals surface area contributed by atoms with Crippen molar-refractivity contribution in [3.8, 4) is 0 Å². The molecular weight excluding hydrogens is 248 g/mol. The number of rotatable bonds is 3. The number of carbonyl (C=O) groups is 1. The summed E-state index contributed by atoms with van der Waals surface area (Å²) in [5, 5.41) is 2.80. The van der Waals surface area contributed by atoms with E-state index in [1.54, 1.807) is 0 Å². The number of amides is 1. The zero-order chi connectivity index (χ0) is 13.8. The highest BCUT2D eigenvalue weighted by Gasteiger charge is 2.22. The molecule has 0 aromatic heterocycles. The summed E-state index contributed by atoms with van der Waals surface area (Å²) in [5.74, 6) is -1.06. The van der Waals surface area contributed by atoms with Crippen molar-refractivity contribution in [2.45, 2.75) is 45.1 Å². The molecule has 1 N–H and O–H groups in total. The minimum Gasteiger partial charge on any atom is -0.349 e. The molecule has 0 radical (unpaired) electrons. The van der Waals surface area contributed by atoms with Gasteiger partial charge in [0, 0.05) is 6.04 Å². The zero-order valence-electron chi connectivity index (χ0n) is 11.1. The third kappa shape index (κ3) is 3.52. The summed E-state index contributed by atoms with van der Waals surface area (Å²) in [6.07, 6.45) is 5.18. The van der Waals surface area contributed by atoms with Crippen LogP contribution in [-0.2, 0) is 0 Å². The summed E-state index contributed by atoms with van der Waals surface area (Å²) < 4.78 is 26.5. The smallest absolute Gasteiger partial charge is 0.254 e. The van der Waals surface area contributed by atoms with Crippen LogP contribution in [0.2, 0.25) is 0 Å². The van der Waals surface area contributed by atoms with Crippen LogP contribution < -0.4 is 5.32 Å². The molecule has 0 aliphatic heterocycles. The predicted molar refractivity (Wildman–Crippen MR) is 69.9 cm³/mol. The van der Waals surface area contributed by atoms with Gasteiger partial charge in [-0.3, -0.25) is 4.79 Å². The highest BCUT2D eigenvalue weighted by atomic mass is 19.1. The van der Waals surface area contributed by atoms with Crippen LogP contribution in [0.4, 0.5) is 8.78 Å². The first-order valence-corrected chi connectivity index (χ1v) is 6.86. The molecule has 2 rings (SSSR count). The van der Waals surface area contributed by atoms with E-state index in [1.807, 2.05) is 0 Å². The predicted octanol–water partition coefficient (Wildman–Crippen LogP) is 3.66. The van der Waals surface area contributed by atoms with Crippen molar-refractivity contribution in [3.05, 3.63) is 35.4 Å². The van der Waals surface area contributed by atoms with E-state index < -0.39 is 17.5 Å². The van der Waals surface area contributed by atoms with Crippen molar-refractivity contribution in [1.29, 1.82) is 0 Å². The van der Waals surface area contributed by atoms with Crippen molar-refractivity contribution in [1.82, 2.24) is 5.32 Å². The van der Waals surface area contributed by atoms with E-state index in [1.165, 1.54) is 6.42 Å². The van der Waals surface area contributed by atoms with E-state index in [0.717, 1.165) is 49.8 Å². The first kappa shape index (κ1) is 14.0. The number of benzene rings is 1. The second kappa shape index (κ2) is 6.13. The van der Waals surface area contributed by atoms with E-state index in [9.17, 15) is 13.6 Å². The van der Waals surface area contributed by atoms with Crippen LogP contribution in [0.15, 0.2) is 18.2 Å². The summed E-state index contributed by atoms with van der Waals surface area (Å²) in [5.41, 5.74) is -0.211. The molecule has 1 aromatic rings. The Bertz CT molecular complexity index is 453. The first-order valence-electron chi connectivity index (χ1n) is 6.86. The molecule has 1 aliphatic carbocycles. The van der Waals surface area contributed by atoms with Crippen molar-refractivity contribution in [2.24, 2.45) is 5.92 Å². The summed E-state index contributed by atoms with van der Waals surface area (Å²) in [6.45, 7) is 2.17. The minimum atomic E-state index is -0.679. The van der Waals surface area contributed by atoms with Gasteiger partial charge in [-0.1, -0.05) is 13.3 Å². The van der Waals surface area contributed by atoms with Gasteiger partial charge in [0.1, 0.15) is 11.6 Å². The van der Waals surface area contributed by atoms with Crippen molar-refractivity contribution in [3.63, 3.8) is 0 Å². The fraction of sp³-hybridized carbons (Fsp3) is 0.533. The lowest BCUT2D eigenvalue weighted by atomic mass is 9.84. The van der Waals surface area contributed by atoms with E-state index >= 15 is 0 Å². The monoisotopic (exact) mass is 267 g/mol. The van der Waals surface area contributed by atoms with E-state index in [4.69, 9.17) is 0 Å². The Hall–Kier alpha value is -1.45. The average Bonchev–Trinajstić information content (AvgIpc) is 2.42. The number of nitrogens with one attached hydrogen (secondary N) is 1. The van der Waals surface area contributed by atoms with Crippen LogP contribution in [0.5, 0.6) is 0 Å². The second-order valence-corrected chi connectivity index (χ2v) is 5.22. The van der Waals surface area contributed by atoms with Crippen LogP contribution >= 0.6 is 0 Å². The van der Waals surface area contributed by atoms with Gasteiger partial charge in [-0.15, -0.1) is 0 Å². The zero-order valence-corrected chi connectivity index (χ0v) is 11.1. The largest absolute Gasteiger partial charge is 0.349 e. The van der Waals surface area contributed by atoms with Gasteiger partial charge in [-0.2, -0.15) is 0 Å². The van der Waals surface area contributed by atoms with Crippen LogP contribution in [0.3, 0.4) is 0 Å². The molecular formula is C15H19F2NO. The molecule has 0 saturated heterocycles. The molecule has 4 heteroatoms. The lowest BCUT2D eigenvalue weighted by molar-refractivity contribution is 0.0917. The Balaban J connectivity index is 1.96. The Morgan fingerprint density at radius 2 is 1.95 bits per heavy atom. The highest BCUT2D eigenvalue weighted by Crippen LogP contribution is 2.26. The Morgan fingerprint density at radius 3 is 2.58 bits per heavy atom. The quantitative estimate of drug-likeness (QED) is 0.889. The lowest BCUT2D eigenvalue weighted by Crippen LogP contribution is -2.38. The standard InChI is InChI=1S/C15H19F2NO/c1-2-10-3-6-12(7-4-10)18-15(19)13-9-11(16)5-8-14(13)17/h5,8-10,12H,2-4,6-7H2,1H3,(H,18,19). The summed E-state index contributed by atoms with van der Waals surface area (Å²) in [6, 6.07) is 3.03. The van der Waals surface area contributed by atoms with E-state index in [-0.39, 0.29) is 11.6 Å². The molecule has 0 atom stereocenters. The summed E-state index contributed by atoms with van der Waals surface area (Å²) >= 11 is 0. The van der Waals surface area contributed by atoms with E-state index in [2.05, 4.69) is 12.2 Å². The molecule has 104 valence electrons. The number of hydrogen-bond donors (Lipinski definition) is 1. The summed E-state index contributed by atoms with van der Waals surface area (Å²) in [7, 11) is 0. The third-order valence-electron chi connectivity index (χ3n) is 3.93. The molecule has 0 spiro atoms. The fourth-order valence-corrected chi connectivity index (χ4v) is 2.65. The van der Waals surface area contributed by atoms with Gasteiger partial charge < -0.3 is 5.32 Å². The number of hydrogen-bond acceptors (Lipinski definition) is 1. The van der Waals surface area contributed by atoms with Gasteiger partial charge >= 0.3 is 0 Å². The molecule has 1 aromatic carbocycles. The van der Waals surface area contributed by atoms with Crippen LogP contribution in [-0.4, -0.2) is 11.9 Å². The number of carbonyl (C=O) groups excluding carboxylic acids is 1. The fourth-order valence-electron chi connectivity index (χ4n) is 2.65. The highest BCUT2D eigenvalue weighted by molar-refractivity contribution is 5.94. The SMILES string of the molecule is CCC1CCC(NC(=O)c2cc(F)ccc2F)CC1.